The van der Waals surface area contributed by atoms with Crippen molar-refractivity contribution in [2.45, 2.75) is 231 Å². The van der Waals surface area contributed by atoms with Crippen LogP contribution in [0.5, 0.6) is 0 Å². The van der Waals surface area contributed by atoms with Gasteiger partial charge >= 0.3 is 0 Å². The summed E-state index contributed by atoms with van der Waals surface area (Å²) in [7, 11) is 0. The Bertz CT molecular complexity index is 1090. The highest BCUT2D eigenvalue weighted by molar-refractivity contribution is 5.76. The van der Waals surface area contributed by atoms with Crippen LogP contribution in [0.1, 0.15) is 219 Å². The summed E-state index contributed by atoms with van der Waals surface area (Å²) in [5.74, 6) is -0.112. The van der Waals surface area contributed by atoms with Gasteiger partial charge in [0.15, 0.2) is 0 Å². The molecule has 1 amide bonds. The summed E-state index contributed by atoms with van der Waals surface area (Å²) in [6.07, 6.45) is 72.5. The first-order valence-electron chi connectivity index (χ1n) is 24.5. The van der Waals surface area contributed by atoms with Crippen LogP contribution in [0.4, 0.5) is 0 Å². The minimum atomic E-state index is -0.891. The summed E-state index contributed by atoms with van der Waals surface area (Å²) in [6, 6.07) is -0.670. The first kappa shape index (κ1) is 55.3. The standard InChI is InChI=1S/C54H93NO3/c1-3-5-7-9-11-13-15-17-19-21-23-24-25-26-27-28-29-30-32-33-35-37-39-41-43-45-47-49-53(57)52(51-56)55-54(58)50-48-46-44-42-40-38-36-34-31-22-20-18-16-14-12-10-8-6-4-2/h6,8,12,14,18,20,31-34,38-41,47,49,52-53,56-57H,3-5,7,9-11,13,15-17,19,21-30,35-37,42-46,48,50-51H2,1-2H3,(H,55,58)/b8-6-,14-12-,20-18-,33-32+,34-31-,40-38-,41-39+,49-47+. The van der Waals surface area contributed by atoms with E-state index in [1.165, 1.54) is 116 Å². The number of amides is 1. The molecule has 2 unspecified atom stereocenters. The zero-order chi connectivity index (χ0) is 42.1. The summed E-state index contributed by atoms with van der Waals surface area (Å²) >= 11 is 0. The Labute approximate surface area is 360 Å². The monoisotopic (exact) mass is 804 g/mol. The molecule has 0 spiro atoms. The number of rotatable bonds is 43. The van der Waals surface area contributed by atoms with Crippen LogP contribution in [0.25, 0.3) is 0 Å². The number of nitrogens with one attached hydrogen (secondary N) is 1. The minimum absolute atomic E-state index is 0.112. The molecule has 332 valence electrons. The van der Waals surface area contributed by atoms with Crippen LogP contribution in [-0.4, -0.2) is 34.9 Å². The number of allylic oxidation sites excluding steroid dienone is 15. The van der Waals surface area contributed by atoms with Gasteiger partial charge in [-0.15, -0.1) is 0 Å². The number of unbranched alkanes of at least 4 members (excludes halogenated alkanes) is 22. The van der Waals surface area contributed by atoms with Gasteiger partial charge in [-0.3, -0.25) is 4.79 Å². The second kappa shape index (κ2) is 48.7. The van der Waals surface area contributed by atoms with Crippen LogP contribution in [0.3, 0.4) is 0 Å². The Morgan fingerprint density at radius 1 is 0.431 bits per heavy atom. The first-order chi connectivity index (χ1) is 28.7. The third kappa shape index (κ3) is 44.4. The molecule has 0 radical (unpaired) electrons. The highest BCUT2D eigenvalue weighted by atomic mass is 16.3. The number of hydrogen-bond acceptors (Lipinski definition) is 3. The number of aliphatic hydroxyl groups is 2. The van der Waals surface area contributed by atoms with Gasteiger partial charge in [0, 0.05) is 6.42 Å². The van der Waals surface area contributed by atoms with Crippen LogP contribution in [0.15, 0.2) is 97.2 Å². The van der Waals surface area contributed by atoms with E-state index in [4.69, 9.17) is 0 Å². The van der Waals surface area contributed by atoms with Crippen molar-refractivity contribution in [3.05, 3.63) is 97.2 Å². The molecule has 0 fully saturated rings. The van der Waals surface area contributed by atoms with Gasteiger partial charge in [0.1, 0.15) is 0 Å². The summed E-state index contributed by atoms with van der Waals surface area (Å²) < 4.78 is 0. The lowest BCUT2D eigenvalue weighted by Gasteiger charge is -2.19. The molecule has 0 saturated carbocycles. The van der Waals surface area contributed by atoms with Crippen molar-refractivity contribution in [2.24, 2.45) is 0 Å². The normalized spacial score (nSPS) is 13.8. The predicted octanol–water partition coefficient (Wildman–Crippen LogP) is 15.8. The van der Waals surface area contributed by atoms with Crippen molar-refractivity contribution < 1.29 is 15.0 Å². The predicted molar refractivity (Wildman–Crippen MR) is 257 cm³/mol. The van der Waals surface area contributed by atoms with Crippen LogP contribution in [-0.2, 0) is 4.79 Å². The number of aliphatic hydroxyl groups excluding tert-OH is 2. The highest BCUT2D eigenvalue weighted by Gasteiger charge is 2.17. The molecule has 0 rings (SSSR count). The second-order valence-corrected chi connectivity index (χ2v) is 16.1. The third-order valence-corrected chi connectivity index (χ3v) is 10.5. The van der Waals surface area contributed by atoms with Crippen molar-refractivity contribution in [3.63, 3.8) is 0 Å². The summed E-state index contributed by atoms with van der Waals surface area (Å²) in [5, 5.41) is 23.0. The quantitative estimate of drug-likeness (QED) is 0.0425. The topological polar surface area (TPSA) is 69.6 Å². The number of carbonyl (C=O) groups excluding carboxylic acids is 1. The Morgan fingerprint density at radius 3 is 1.21 bits per heavy atom. The van der Waals surface area contributed by atoms with Crippen molar-refractivity contribution in [1.82, 2.24) is 5.32 Å². The Hall–Kier alpha value is -2.69. The maximum Gasteiger partial charge on any atom is 0.220 e. The van der Waals surface area contributed by atoms with Crippen LogP contribution in [0.2, 0.25) is 0 Å². The van der Waals surface area contributed by atoms with Gasteiger partial charge in [-0.2, -0.15) is 0 Å². The van der Waals surface area contributed by atoms with E-state index in [-0.39, 0.29) is 12.5 Å². The average molecular weight is 804 g/mol. The summed E-state index contributed by atoms with van der Waals surface area (Å²) in [6.45, 7) is 4.16. The Kier molecular flexibility index (Phi) is 46.4. The van der Waals surface area contributed by atoms with Gasteiger partial charge in [0.2, 0.25) is 5.91 Å². The van der Waals surface area contributed by atoms with Gasteiger partial charge in [-0.05, 0) is 89.9 Å². The fourth-order valence-corrected chi connectivity index (χ4v) is 6.82. The van der Waals surface area contributed by atoms with E-state index in [0.717, 1.165) is 83.5 Å². The van der Waals surface area contributed by atoms with Crippen molar-refractivity contribution in [1.29, 1.82) is 0 Å². The molecule has 0 aromatic heterocycles. The van der Waals surface area contributed by atoms with Gasteiger partial charge in [-0.1, -0.05) is 220 Å². The van der Waals surface area contributed by atoms with E-state index < -0.39 is 12.1 Å². The highest BCUT2D eigenvalue weighted by Crippen LogP contribution is 2.15. The molecular weight excluding hydrogens is 711 g/mol. The van der Waals surface area contributed by atoms with E-state index in [1.807, 2.05) is 6.08 Å². The molecule has 4 nitrogen and oxygen atoms in total. The molecule has 0 bridgehead atoms. The van der Waals surface area contributed by atoms with Crippen LogP contribution in [0, 0.1) is 0 Å². The van der Waals surface area contributed by atoms with Gasteiger partial charge in [0.25, 0.3) is 0 Å². The van der Waals surface area contributed by atoms with Gasteiger partial charge < -0.3 is 15.5 Å². The molecule has 0 aromatic rings. The fourth-order valence-electron chi connectivity index (χ4n) is 6.82. The molecule has 0 aliphatic rings. The van der Waals surface area contributed by atoms with Gasteiger partial charge in [0.05, 0.1) is 18.8 Å². The molecule has 0 heterocycles. The maximum absolute atomic E-state index is 12.4. The smallest absolute Gasteiger partial charge is 0.220 e. The molecule has 0 saturated heterocycles. The minimum Gasteiger partial charge on any atom is -0.394 e. The van der Waals surface area contributed by atoms with Gasteiger partial charge in [-0.25, -0.2) is 0 Å². The van der Waals surface area contributed by atoms with E-state index in [0.29, 0.717) is 6.42 Å². The van der Waals surface area contributed by atoms with Crippen molar-refractivity contribution >= 4 is 5.91 Å². The summed E-state index contributed by atoms with van der Waals surface area (Å²) in [4.78, 5) is 12.4. The van der Waals surface area contributed by atoms with E-state index in [2.05, 4.69) is 104 Å². The molecular formula is C54H93NO3. The first-order valence-corrected chi connectivity index (χ1v) is 24.5. The molecule has 4 heteroatoms. The largest absolute Gasteiger partial charge is 0.394 e. The van der Waals surface area contributed by atoms with Crippen LogP contribution < -0.4 is 5.32 Å². The van der Waals surface area contributed by atoms with Crippen molar-refractivity contribution in [2.75, 3.05) is 6.61 Å². The van der Waals surface area contributed by atoms with Crippen molar-refractivity contribution in [3.8, 4) is 0 Å². The molecule has 0 aliphatic carbocycles. The number of carbonyl (C=O) groups is 1. The Morgan fingerprint density at radius 2 is 0.776 bits per heavy atom. The zero-order valence-electron chi connectivity index (χ0n) is 38.0. The molecule has 3 N–H and O–H groups in total. The number of hydrogen-bond donors (Lipinski definition) is 3. The van der Waals surface area contributed by atoms with E-state index in [1.54, 1.807) is 6.08 Å². The lowest BCUT2D eigenvalue weighted by Crippen LogP contribution is -2.45. The molecule has 2 atom stereocenters. The third-order valence-electron chi connectivity index (χ3n) is 10.5. The second-order valence-electron chi connectivity index (χ2n) is 16.1. The maximum atomic E-state index is 12.4. The molecule has 58 heavy (non-hydrogen) atoms. The molecule has 0 aliphatic heterocycles. The SMILES string of the molecule is CC/C=C\C/C=C\C/C=C\C/C=C\C/C=C\CCCCCC(=O)NC(CO)C(O)/C=C/CC/C=C/CC/C=C/CCCCCCCCCCCCCCCCCCC. The Balaban J connectivity index is 3.68. The summed E-state index contributed by atoms with van der Waals surface area (Å²) in [5.41, 5.74) is 0. The molecule has 0 aromatic carbocycles. The zero-order valence-corrected chi connectivity index (χ0v) is 38.0. The van der Waals surface area contributed by atoms with E-state index >= 15 is 0 Å². The lowest BCUT2D eigenvalue weighted by molar-refractivity contribution is -0.123. The van der Waals surface area contributed by atoms with E-state index in [9.17, 15) is 15.0 Å². The fraction of sp³-hybridized carbons (Fsp3) is 0.685. The van der Waals surface area contributed by atoms with Crippen LogP contribution >= 0.6 is 0 Å². The average Bonchev–Trinajstić information content (AvgIpc) is 3.23. The lowest BCUT2D eigenvalue weighted by atomic mass is 10.0.